The third-order valence-electron chi connectivity index (χ3n) is 2.71. The predicted molar refractivity (Wildman–Crippen MR) is 62.4 cm³/mol. The second-order valence-electron chi connectivity index (χ2n) is 3.93. The zero-order valence-corrected chi connectivity index (χ0v) is 10.5. The smallest absolute Gasteiger partial charge is 0.145 e. The molecule has 0 bridgehead atoms. The van der Waals surface area contributed by atoms with Crippen LogP contribution in [-0.2, 0) is 11.8 Å². The van der Waals surface area contributed by atoms with Crippen molar-refractivity contribution >= 4 is 5.82 Å². The molecule has 5 heteroatoms. The summed E-state index contributed by atoms with van der Waals surface area (Å²) in [5.74, 6) is 0.838. The van der Waals surface area contributed by atoms with Gasteiger partial charge in [0.25, 0.3) is 0 Å². The molecule has 0 aliphatic carbocycles. The number of aromatic nitrogens is 2. The summed E-state index contributed by atoms with van der Waals surface area (Å²) in [5.41, 5.74) is 1.39. The van der Waals surface area contributed by atoms with E-state index in [9.17, 15) is 0 Å². The van der Waals surface area contributed by atoms with E-state index in [1.807, 2.05) is 32.8 Å². The Kier molecular flexibility index (Phi) is 3.91. The van der Waals surface area contributed by atoms with E-state index in [1.54, 1.807) is 11.8 Å². The molecule has 1 heterocycles. The standard InChI is InChI=1S/C11H18N4O/c1-8(7-16-5)14(3)11-10(6-12)9(2)13-15(11)4/h8H,7H2,1-5H3. The molecule has 1 aromatic heterocycles. The Morgan fingerprint density at radius 1 is 1.62 bits per heavy atom. The number of anilines is 1. The van der Waals surface area contributed by atoms with Crippen LogP contribution in [0, 0.1) is 18.3 Å². The molecule has 1 unspecified atom stereocenters. The van der Waals surface area contributed by atoms with Crippen LogP contribution >= 0.6 is 0 Å². The molecule has 0 aromatic carbocycles. The first-order valence-electron chi connectivity index (χ1n) is 5.18. The van der Waals surface area contributed by atoms with E-state index in [1.165, 1.54) is 0 Å². The minimum absolute atomic E-state index is 0.201. The molecule has 1 atom stereocenters. The Morgan fingerprint density at radius 2 is 2.25 bits per heavy atom. The van der Waals surface area contributed by atoms with Crippen LogP contribution in [0.15, 0.2) is 0 Å². The lowest BCUT2D eigenvalue weighted by Gasteiger charge is -2.26. The number of aryl methyl sites for hydroxylation is 2. The maximum atomic E-state index is 9.11. The number of hydrogen-bond acceptors (Lipinski definition) is 4. The van der Waals surface area contributed by atoms with Crippen LogP contribution in [-0.4, -0.2) is 36.6 Å². The summed E-state index contributed by atoms with van der Waals surface area (Å²) < 4.78 is 6.85. The van der Waals surface area contributed by atoms with Gasteiger partial charge in [-0.25, -0.2) is 0 Å². The average Bonchev–Trinajstić information content (AvgIpc) is 2.52. The fraction of sp³-hybridized carbons (Fsp3) is 0.636. The second kappa shape index (κ2) is 4.99. The van der Waals surface area contributed by atoms with Gasteiger partial charge in [0.1, 0.15) is 17.5 Å². The fourth-order valence-electron chi connectivity index (χ4n) is 1.74. The summed E-state index contributed by atoms with van der Waals surface area (Å²) >= 11 is 0. The van der Waals surface area contributed by atoms with Crippen LogP contribution in [0.4, 0.5) is 5.82 Å². The average molecular weight is 222 g/mol. The molecule has 0 saturated carbocycles. The molecule has 88 valence electrons. The number of hydrogen-bond donors (Lipinski definition) is 0. The minimum atomic E-state index is 0.201. The molecular formula is C11H18N4O. The fourth-order valence-corrected chi connectivity index (χ4v) is 1.74. The Morgan fingerprint density at radius 3 is 2.75 bits per heavy atom. The van der Waals surface area contributed by atoms with Gasteiger partial charge in [-0.05, 0) is 13.8 Å². The van der Waals surface area contributed by atoms with Gasteiger partial charge in [-0.3, -0.25) is 4.68 Å². The van der Waals surface area contributed by atoms with Crippen molar-refractivity contribution in [1.82, 2.24) is 9.78 Å². The highest BCUT2D eigenvalue weighted by atomic mass is 16.5. The van der Waals surface area contributed by atoms with Gasteiger partial charge in [0.2, 0.25) is 0 Å². The van der Waals surface area contributed by atoms with Crippen molar-refractivity contribution in [2.24, 2.45) is 7.05 Å². The highest BCUT2D eigenvalue weighted by Crippen LogP contribution is 2.22. The third kappa shape index (κ3) is 2.17. The lowest BCUT2D eigenvalue weighted by Crippen LogP contribution is -2.34. The molecule has 0 aliphatic heterocycles. The van der Waals surface area contributed by atoms with Gasteiger partial charge in [-0.1, -0.05) is 0 Å². The zero-order chi connectivity index (χ0) is 12.3. The van der Waals surface area contributed by atoms with Crippen LogP contribution in [0.5, 0.6) is 0 Å². The predicted octanol–water partition coefficient (Wildman–Crippen LogP) is 1.07. The Hall–Kier alpha value is -1.54. The molecule has 0 fully saturated rings. The van der Waals surface area contributed by atoms with E-state index in [4.69, 9.17) is 10.00 Å². The maximum Gasteiger partial charge on any atom is 0.145 e. The monoisotopic (exact) mass is 222 g/mol. The van der Waals surface area contributed by atoms with E-state index in [0.717, 1.165) is 11.5 Å². The second-order valence-corrected chi connectivity index (χ2v) is 3.93. The molecule has 0 amide bonds. The van der Waals surface area contributed by atoms with Gasteiger partial charge in [0.05, 0.1) is 18.3 Å². The van der Waals surface area contributed by atoms with E-state index in [-0.39, 0.29) is 6.04 Å². The molecule has 0 aliphatic rings. The summed E-state index contributed by atoms with van der Waals surface area (Å²) in [6.45, 7) is 4.51. The number of nitrogens with zero attached hydrogens (tertiary/aromatic N) is 4. The zero-order valence-electron chi connectivity index (χ0n) is 10.5. The number of likely N-dealkylation sites (N-methyl/N-ethyl adjacent to an activating group) is 1. The van der Waals surface area contributed by atoms with Crippen LogP contribution in [0.25, 0.3) is 0 Å². The third-order valence-corrected chi connectivity index (χ3v) is 2.71. The van der Waals surface area contributed by atoms with Crippen LogP contribution in [0.1, 0.15) is 18.2 Å². The van der Waals surface area contributed by atoms with Crippen molar-refractivity contribution in [3.8, 4) is 6.07 Å². The Bertz CT molecular complexity index is 405. The molecule has 1 aromatic rings. The normalized spacial score (nSPS) is 12.2. The molecule has 0 spiro atoms. The molecule has 0 N–H and O–H groups in total. The number of nitriles is 1. The van der Waals surface area contributed by atoms with E-state index in [2.05, 4.69) is 11.2 Å². The van der Waals surface area contributed by atoms with Crippen LogP contribution in [0.2, 0.25) is 0 Å². The van der Waals surface area contributed by atoms with Gasteiger partial charge in [0.15, 0.2) is 0 Å². The van der Waals surface area contributed by atoms with Crippen molar-refractivity contribution < 1.29 is 4.74 Å². The van der Waals surface area contributed by atoms with E-state index >= 15 is 0 Å². The summed E-state index contributed by atoms with van der Waals surface area (Å²) in [6, 6.07) is 2.40. The van der Waals surface area contributed by atoms with Crippen molar-refractivity contribution in [1.29, 1.82) is 5.26 Å². The van der Waals surface area contributed by atoms with E-state index < -0.39 is 0 Å². The molecule has 1 rings (SSSR count). The number of methoxy groups -OCH3 is 1. The SMILES string of the molecule is COCC(C)N(C)c1c(C#N)c(C)nn1C. The number of ether oxygens (including phenoxy) is 1. The van der Waals surface area contributed by atoms with Gasteiger partial charge in [-0.15, -0.1) is 0 Å². The molecule has 16 heavy (non-hydrogen) atoms. The van der Waals surface area contributed by atoms with Crippen molar-refractivity contribution in [3.05, 3.63) is 11.3 Å². The summed E-state index contributed by atoms with van der Waals surface area (Å²) in [4.78, 5) is 2.02. The van der Waals surface area contributed by atoms with Gasteiger partial charge in [-0.2, -0.15) is 10.4 Å². The number of rotatable bonds is 4. The molecular weight excluding hydrogens is 204 g/mol. The Balaban J connectivity index is 3.08. The minimum Gasteiger partial charge on any atom is -0.383 e. The van der Waals surface area contributed by atoms with Crippen LogP contribution < -0.4 is 4.90 Å². The summed E-state index contributed by atoms with van der Waals surface area (Å²) in [5, 5.41) is 13.4. The lowest BCUT2D eigenvalue weighted by molar-refractivity contribution is 0.183. The largest absolute Gasteiger partial charge is 0.383 e. The topological polar surface area (TPSA) is 54.1 Å². The van der Waals surface area contributed by atoms with Gasteiger partial charge in [0, 0.05) is 21.2 Å². The first-order chi connectivity index (χ1) is 7.52. The van der Waals surface area contributed by atoms with Gasteiger partial charge >= 0.3 is 0 Å². The van der Waals surface area contributed by atoms with Gasteiger partial charge < -0.3 is 9.64 Å². The maximum absolute atomic E-state index is 9.11. The lowest BCUT2D eigenvalue weighted by atomic mass is 10.2. The van der Waals surface area contributed by atoms with Crippen molar-refractivity contribution in [2.45, 2.75) is 19.9 Å². The van der Waals surface area contributed by atoms with Crippen molar-refractivity contribution in [3.63, 3.8) is 0 Å². The van der Waals surface area contributed by atoms with E-state index in [0.29, 0.717) is 12.2 Å². The molecule has 0 saturated heterocycles. The highest BCUT2D eigenvalue weighted by Gasteiger charge is 2.20. The van der Waals surface area contributed by atoms with Crippen molar-refractivity contribution in [2.75, 3.05) is 25.7 Å². The highest BCUT2D eigenvalue weighted by molar-refractivity contribution is 5.57. The molecule has 5 nitrogen and oxygen atoms in total. The first kappa shape index (κ1) is 12.5. The summed E-state index contributed by atoms with van der Waals surface area (Å²) in [7, 11) is 5.46. The quantitative estimate of drug-likeness (QED) is 0.764. The molecule has 0 radical (unpaired) electrons. The Labute approximate surface area is 96.2 Å². The van der Waals surface area contributed by atoms with Crippen LogP contribution in [0.3, 0.4) is 0 Å². The first-order valence-corrected chi connectivity index (χ1v) is 5.18. The summed E-state index contributed by atoms with van der Waals surface area (Å²) in [6.07, 6.45) is 0.